The highest BCUT2D eigenvalue weighted by atomic mass is 16.6. The van der Waals surface area contributed by atoms with Crippen LogP contribution in [0.3, 0.4) is 0 Å². The fraction of sp³-hybridized carbons (Fsp3) is 0.524. The predicted molar refractivity (Wildman–Crippen MR) is 99.7 cm³/mol. The Balaban J connectivity index is 1.94. The molecule has 2 unspecified atom stereocenters. The standard InChI is InChI=1S/C21H26N2O3/c1-13-6-15(10-22)7-14(2)19(13)16-8-17-11-25-12-18(9-16)23(17)20(24)26-21(3,4)5/h6-8,17-18H,9,11-12H2,1-5H3. The van der Waals surface area contributed by atoms with Gasteiger partial charge in [-0.3, -0.25) is 4.90 Å². The second-order valence-electron chi connectivity index (χ2n) is 8.14. The third-order valence-corrected chi connectivity index (χ3v) is 4.79. The number of hydrogen-bond acceptors (Lipinski definition) is 4. The molecule has 2 atom stereocenters. The van der Waals surface area contributed by atoms with E-state index in [2.05, 4.69) is 12.1 Å². The molecule has 0 spiro atoms. The van der Waals surface area contributed by atoms with Gasteiger partial charge in [0.2, 0.25) is 0 Å². The second-order valence-corrected chi connectivity index (χ2v) is 8.14. The first-order valence-corrected chi connectivity index (χ1v) is 9.01. The van der Waals surface area contributed by atoms with Crippen LogP contribution in [0.15, 0.2) is 18.2 Å². The first-order chi connectivity index (χ1) is 12.2. The molecular formula is C21H26N2O3. The van der Waals surface area contributed by atoms with Gasteiger partial charge in [0.15, 0.2) is 0 Å². The van der Waals surface area contributed by atoms with Crippen LogP contribution in [0.5, 0.6) is 0 Å². The van der Waals surface area contributed by atoms with Crippen molar-refractivity contribution in [2.24, 2.45) is 0 Å². The van der Waals surface area contributed by atoms with Crippen molar-refractivity contribution in [3.05, 3.63) is 40.5 Å². The highest BCUT2D eigenvalue weighted by molar-refractivity contribution is 5.77. The number of ether oxygens (including phenoxy) is 2. The molecule has 3 rings (SSSR count). The maximum Gasteiger partial charge on any atom is 0.411 e. The van der Waals surface area contributed by atoms with Crippen molar-refractivity contribution in [1.82, 2.24) is 4.90 Å². The number of benzene rings is 1. The lowest BCUT2D eigenvalue weighted by atomic mass is 9.85. The molecule has 1 amide bonds. The van der Waals surface area contributed by atoms with Gasteiger partial charge in [-0.2, -0.15) is 5.26 Å². The van der Waals surface area contributed by atoms with Crippen molar-refractivity contribution in [2.45, 2.75) is 58.7 Å². The number of amides is 1. The van der Waals surface area contributed by atoms with Gasteiger partial charge in [-0.25, -0.2) is 4.79 Å². The molecule has 26 heavy (non-hydrogen) atoms. The van der Waals surface area contributed by atoms with E-state index in [0.29, 0.717) is 18.8 Å². The quantitative estimate of drug-likeness (QED) is 0.766. The van der Waals surface area contributed by atoms with Crippen LogP contribution < -0.4 is 0 Å². The summed E-state index contributed by atoms with van der Waals surface area (Å²) in [5.74, 6) is 0. The normalized spacial score (nSPS) is 22.5. The van der Waals surface area contributed by atoms with E-state index in [4.69, 9.17) is 14.7 Å². The minimum Gasteiger partial charge on any atom is -0.444 e. The average Bonchev–Trinajstić information content (AvgIpc) is 2.51. The number of hydrogen-bond donors (Lipinski definition) is 0. The first-order valence-electron chi connectivity index (χ1n) is 9.01. The van der Waals surface area contributed by atoms with Crippen LogP contribution in [0, 0.1) is 25.2 Å². The lowest BCUT2D eigenvalue weighted by Gasteiger charge is -2.45. The predicted octanol–water partition coefficient (Wildman–Crippen LogP) is 3.97. The van der Waals surface area contributed by atoms with Crippen LogP contribution >= 0.6 is 0 Å². The molecule has 1 aromatic carbocycles. The Morgan fingerprint density at radius 1 is 1.27 bits per heavy atom. The number of morpholine rings is 1. The molecule has 2 aliphatic heterocycles. The zero-order valence-corrected chi connectivity index (χ0v) is 16.1. The first kappa shape index (κ1) is 18.5. The number of carbonyl (C=O) groups is 1. The van der Waals surface area contributed by atoms with Crippen LogP contribution in [-0.2, 0) is 9.47 Å². The van der Waals surface area contributed by atoms with E-state index in [-0.39, 0.29) is 18.2 Å². The minimum absolute atomic E-state index is 0.0296. The van der Waals surface area contributed by atoms with Crippen LogP contribution in [0.1, 0.15) is 49.4 Å². The van der Waals surface area contributed by atoms with Crippen molar-refractivity contribution in [1.29, 1.82) is 5.26 Å². The Labute approximate surface area is 155 Å². The summed E-state index contributed by atoms with van der Waals surface area (Å²) in [6.45, 7) is 10.7. The average molecular weight is 354 g/mol. The van der Waals surface area contributed by atoms with Gasteiger partial charge in [0.05, 0.1) is 36.9 Å². The molecule has 0 N–H and O–H groups in total. The van der Waals surface area contributed by atoms with Crippen molar-refractivity contribution in [3.63, 3.8) is 0 Å². The van der Waals surface area contributed by atoms with Gasteiger partial charge in [0.1, 0.15) is 5.60 Å². The van der Waals surface area contributed by atoms with Gasteiger partial charge < -0.3 is 9.47 Å². The SMILES string of the molecule is Cc1cc(C#N)cc(C)c1C1=CC2COCC(C1)N2C(=O)OC(C)(C)C. The summed E-state index contributed by atoms with van der Waals surface area (Å²) < 4.78 is 11.3. The largest absolute Gasteiger partial charge is 0.444 e. The third-order valence-electron chi connectivity index (χ3n) is 4.79. The molecule has 1 fully saturated rings. The Hall–Kier alpha value is -2.32. The minimum atomic E-state index is -0.517. The van der Waals surface area contributed by atoms with E-state index in [1.807, 2.05) is 51.7 Å². The summed E-state index contributed by atoms with van der Waals surface area (Å²) in [7, 11) is 0. The molecule has 2 aliphatic rings. The zero-order chi connectivity index (χ0) is 19.1. The molecule has 2 bridgehead atoms. The van der Waals surface area contributed by atoms with Crippen molar-refractivity contribution in [3.8, 4) is 6.07 Å². The van der Waals surface area contributed by atoms with Crippen LogP contribution in [0.4, 0.5) is 4.79 Å². The van der Waals surface area contributed by atoms with Crippen LogP contribution in [-0.4, -0.2) is 41.9 Å². The molecule has 0 saturated carbocycles. The monoisotopic (exact) mass is 354 g/mol. The lowest BCUT2D eigenvalue weighted by Crippen LogP contribution is -2.57. The van der Waals surface area contributed by atoms with E-state index in [9.17, 15) is 4.79 Å². The van der Waals surface area contributed by atoms with Crippen LogP contribution in [0.2, 0.25) is 0 Å². The van der Waals surface area contributed by atoms with Gasteiger partial charge in [0.25, 0.3) is 0 Å². The zero-order valence-electron chi connectivity index (χ0n) is 16.1. The summed E-state index contributed by atoms with van der Waals surface area (Å²) in [4.78, 5) is 14.5. The summed E-state index contributed by atoms with van der Waals surface area (Å²) in [6.07, 6.45) is 2.57. The van der Waals surface area contributed by atoms with Gasteiger partial charge in [-0.05, 0) is 75.4 Å². The van der Waals surface area contributed by atoms with E-state index in [1.54, 1.807) is 0 Å². The molecule has 0 radical (unpaired) electrons. The summed E-state index contributed by atoms with van der Waals surface area (Å²) in [5, 5.41) is 9.17. The topological polar surface area (TPSA) is 62.6 Å². The van der Waals surface area contributed by atoms with Gasteiger partial charge in [-0.15, -0.1) is 0 Å². The Kier molecular flexibility index (Phi) is 4.81. The maximum atomic E-state index is 12.7. The molecular weight excluding hydrogens is 328 g/mol. The van der Waals surface area contributed by atoms with E-state index < -0.39 is 5.60 Å². The smallest absolute Gasteiger partial charge is 0.411 e. The number of nitrogens with zero attached hydrogens (tertiary/aromatic N) is 2. The summed E-state index contributed by atoms with van der Waals surface area (Å²) >= 11 is 0. The van der Waals surface area contributed by atoms with Gasteiger partial charge >= 0.3 is 6.09 Å². The number of carbonyl (C=O) groups excluding carboxylic acids is 1. The lowest BCUT2D eigenvalue weighted by molar-refractivity contribution is -0.0510. The van der Waals surface area contributed by atoms with E-state index >= 15 is 0 Å². The molecule has 2 heterocycles. The van der Waals surface area contributed by atoms with Crippen molar-refractivity contribution in [2.75, 3.05) is 13.2 Å². The molecule has 5 heteroatoms. The van der Waals surface area contributed by atoms with E-state index in [1.165, 1.54) is 11.1 Å². The molecule has 0 aromatic heterocycles. The van der Waals surface area contributed by atoms with Crippen molar-refractivity contribution < 1.29 is 14.3 Å². The van der Waals surface area contributed by atoms with Gasteiger partial charge in [0, 0.05) is 0 Å². The number of aryl methyl sites for hydroxylation is 2. The highest BCUT2D eigenvalue weighted by Gasteiger charge is 2.40. The second kappa shape index (κ2) is 6.77. The fourth-order valence-corrected chi connectivity index (χ4v) is 3.92. The molecule has 1 aromatic rings. The molecule has 138 valence electrons. The van der Waals surface area contributed by atoms with E-state index in [0.717, 1.165) is 17.5 Å². The number of nitriles is 1. The molecule has 1 saturated heterocycles. The Bertz CT molecular complexity index is 775. The Morgan fingerprint density at radius 3 is 2.46 bits per heavy atom. The number of fused-ring (bicyclic) bond motifs is 2. The highest BCUT2D eigenvalue weighted by Crippen LogP contribution is 2.36. The Morgan fingerprint density at radius 2 is 1.92 bits per heavy atom. The maximum absolute atomic E-state index is 12.7. The molecule has 5 nitrogen and oxygen atoms in total. The van der Waals surface area contributed by atoms with Gasteiger partial charge in [-0.1, -0.05) is 6.08 Å². The fourth-order valence-electron chi connectivity index (χ4n) is 3.92. The van der Waals surface area contributed by atoms with Crippen LogP contribution in [0.25, 0.3) is 5.57 Å². The molecule has 0 aliphatic carbocycles. The van der Waals surface area contributed by atoms with Crippen molar-refractivity contribution >= 4 is 11.7 Å². The summed E-state index contributed by atoms with van der Waals surface area (Å²) in [5.41, 5.74) is 4.76. The third kappa shape index (κ3) is 3.61. The number of rotatable bonds is 1. The summed E-state index contributed by atoms with van der Waals surface area (Å²) in [6, 6.07) is 5.91.